The van der Waals surface area contributed by atoms with Gasteiger partial charge < -0.3 is 9.88 Å². The third kappa shape index (κ3) is 3.17. The van der Waals surface area contributed by atoms with E-state index in [2.05, 4.69) is 50.6 Å². The van der Waals surface area contributed by atoms with E-state index in [-0.39, 0.29) is 6.04 Å². The normalized spacial score (nSPS) is 12.6. The zero-order chi connectivity index (χ0) is 12.3. The minimum absolute atomic E-state index is 0.255. The number of rotatable bonds is 4. The largest absolute Gasteiger partial charge is 0.340 e. The Morgan fingerprint density at radius 3 is 2.88 bits per heavy atom. The number of hydrogen-bond donors (Lipinski definition) is 1. The summed E-state index contributed by atoms with van der Waals surface area (Å²) in [6.07, 6.45) is 4.83. The number of halogens is 1. The Morgan fingerprint density at radius 1 is 1.47 bits per heavy atom. The molecule has 0 aliphatic heterocycles. The van der Waals surface area contributed by atoms with Gasteiger partial charge in [0.05, 0.1) is 18.1 Å². The molecule has 1 aromatic heterocycles. The molecule has 1 N–H and O–H groups in total. The monoisotopic (exact) mass is 293 g/mol. The minimum atomic E-state index is 0.255. The number of benzene rings is 1. The summed E-state index contributed by atoms with van der Waals surface area (Å²) in [4.78, 5) is 4.39. The Hall–Kier alpha value is -1.13. The second kappa shape index (κ2) is 5.47. The molecule has 0 saturated carbocycles. The Morgan fingerprint density at radius 2 is 2.29 bits per heavy atom. The summed E-state index contributed by atoms with van der Waals surface area (Å²) in [6, 6.07) is 8.64. The lowest BCUT2D eigenvalue weighted by Crippen LogP contribution is -2.19. The topological polar surface area (TPSA) is 29.9 Å². The van der Waals surface area contributed by atoms with Gasteiger partial charge in [0.25, 0.3) is 0 Å². The molecular weight excluding hydrogens is 278 g/mol. The van der Waals surface area contributed by atoms with Crippen molar-refractivity contribution in [1.82, 2.24) is 14.9 Å². The van der Waals surface area contributed by atoms with Crippen LogP contribution in [0.4, 0.5) is 0 Å². The highest BCUT2D eigenvalue weighted by Gasteiger charge is 2.12. The van der Waals surface area contributed by atoms with Crippen molar-refractivity contribution in [2.24, 2.45) is 7.05 Å². The summed E-state index contributed by atoms with van der Waals surface area (Å²) in [6.45, 7) is 0. The molecule has 17 heavy (non-hydrogen) atoms. The SMILES string of the molecule is CNC(Cc1cccc(Br)c1)c1cn(C)cn1. The Bertz CT molecular complexity index is 493. The molecular formula is C13H16BrN3. The van der Waals surface area contributed by atoms with E-state index in [0.717, 1.165) is 16.6 Å². The molecule has 3 nitrogen and oxygen atoms in total. The maximum atomic E-state index is 4.39. The number of imidazole rings is 1. The van der Waals surface area contributed by atoms with Crippen LogP contribution in [0.25, 0.3) is 0 Å². The van der Waals surface area contributed by atoms with Gasteiger partial charge in [0.2, 0.25) is 0 Å². The molecule has 1 unspecified atom stereocenters. The Labute approximate surface area is 110 Å². The van der Waals surface area contributed by atoms with Crippen molar-refractivity contribution in [3.8, 4) is 0 Å². The maximum Gasteiger partial charge on any atom is 0.0947 e. The average Bonchev–Trinajstić information content (AvgIpc) is 2.73. The first-order valence-corrected chi connectivity index (χ1v) is 6.38. The van der Waals surface area contributed by atoms with E-state index in [0.29, 0.717) is 0 Å². The van der Waals surface area contributed by atoms with Crippen molar-refractivity contribution in [2.75, 3.05) is 7.05 Å². The number of aromatic nitrogens is 2. The molecule has 0 aliphatic rings. The third-order valence-corrected chi connectivity index (χ3v) is 3.25. The van der Waals surface area contributed by atoms with Crippen LogP contribution in [0.1, 0.15) is 17.3 Å². The van der Waals surface area contributed by atoms with Crippen molar-refractivity contribution in [3.63, 3.8) is 0 Å². The molecule has 1 atom stereocenters. The van der Waals surface area contributed by atoms with E-state index in [1.807, 2.05) is 31.1 Å². The van der Waals surface area contributed by atoms with Gasteiger partial charge in [0.15, 0.2) is 0 Å². The van der Waals surface area contributed by atoms with Crippen molar-refractivity contribution in [3.05, 3.63) is 52.5 Å². The zero-order valence-electron chi connectivity index (χ0n) is 10.0. The molecule has 1 aromatic carbocycles. The number of aryl methyl sites for hydroxylation is 1. The molecule has 90 valence electrons. The molecule has 0 fully saturated rings. The molecule has 0 saturated heterocycles. The lowest BCUT2D eigenvalue weighted by Gasteiger charge is -2.13. The molecule has 0 bridgehead atoms. The van der Waals surface area contributed by atoms with E-state index < -0.39 is 0 Å². The van der Waals surface area contributed by atoms with Crippen LogP contribution in [-0.2, 0) is 13.5 Å². The van der Waals surface area contributed by atoms with Gasteiger partial charge in [0.1, 0.15) is 0 Å². The zero-order valence-corrected chi connectivity index (χ0v) is 11.6. The fraction of sp³-hybridized carbons (Fsp3) is 0.308. The summed E-state index contributed by atoms with van der Waals surface area (Å²) in [7, 11) is 3.96. The van der Waals surface area contributed by atoms with Crippen LogP contribution >= 0.6 is 15.9 Å². The molecule has 2 aromatic rings. The highest BCUT2D eigenvalue weighted by Crippen LogP contribution is 2.19. The Balaban J connectivity index is 2.15. The van der Waals surface area contributed by atoms with Gasteiger partial charge in [-0.05, 0) is 31.2 Å². The van der Waals surface area contributed by atoms with E-state index >= 15 is 0 Å². The van der Waals surface area contributed by atoms with E-state index in [1.165, 1.54) is 5.56 Å². The van der Waals surface area contributed by atoms with E-state index in [4.69, 9.17) is 0 Å². The van der Waals surface area contributed by atoms with Crippen LogP contribution in [0.3, 0.4) is 0 Å². The van der Waals surface area contributed by atoms with E-state index in [9.17, 15) is 0 Å². The molecule has 0 radical (unpaired) electrons. The summed E-state index contributed by atoms with van der Waals surface area (Å²) in [5.41, 5.74) is 2.37. The molecule has 0 amide bonds. The molecule has 0 spiro atoms. The van der Waals surface area contributed by atoms with Crippen molar-refractivity contribution >= 4 is 15.9 Å². The maximum absolute atomic E-state index is 4.39. The molecule has 0 aliphatic carbocycles. The van der Waals surface area contributed by atoms with Crippen LogP contribution in [0.2, 0.25) is 0 Å². The second-order valence-electron chi connectivity index (χ2n) is 4.14. The second-order valence-corrected chi connectivity index (χ2v) is 5.05. The standard InChI is InChI=1S/C13H16BrN3/c1-15-12(13-8-17(2)9-16-13)7-10-4-3-5-11(14)6-10/h3-6,8-9,12,15H,7H2,1-2H3. The van der Waals surface area contributed by atoms with Gasteiger partial charge in [-0.25, -0.2) is 4.98 Å². The first kappa shape index (κ1) is 12.3. The molecule has 4 heteroatoms. The number of hydrogen-bond acceptors (Lipinski definition) is 2. The van der Waals surface area contributed by atoms with Crippen LogP contribution in [0.5, 0.6) is 0 Å². The Kier molecular flexibility index (Phi) is 3.97. The predicted molar refractivity (Wildman–Crippen MR) is 72.9 cm³/mol. The van der Waals surface area contributed by atoms with Crippen LogP contribution in [0.15, 0.2) is 41.3 Å². The van der Waals surface area contributed by atoms with Crippen LogP contribution < -0.4 is 5.32 Å². The number of likely N-dealkylation sites (N-methyl/N-ethyl adjacent to an activating group) is 1. The molecule has 2 rings (SSSR count). The van der Waals surface area contributed by atoms with Crippen LogP contribution in [0, 0.1) is 0 Å². The smallest absolute Gasteiger partial charge is 0.0947 e. The van der Waals surface area contributed by atoms with E-state index in [1.54, 1.807) is 0 Å². The third-order valence-electron chi connectivity index (χ3n) is 2.76. The summed E-state index contributed by atoms with van der Waals surface area (Å²) >= 11 is 3.49. The fourth-order valence-electron chi connectivity index (χ4n) is 1.87. The van der Waals surface area contributed by atoms with Crippen molar-refractivity contribution in [2.45, 2.75) is 12.5 Å². The lowest BCUT2D eigenvalue weighted by atomic mass is 10.0. The van der Waals surface area contributed by atoms with Gasteiger partial charge in [0, 0.05) is 17.7 Å². The van der Waals surface area contributed by atoms with Crippen molar-refractivity contribution < 1.29 is 0 Å². The molecule has 1 heterocycles. The van der Waals surface area contributed by atoms with Gasteiger partial charge in [-0.1, -0.05) is 28.1 Å². The number of nitrogens with zero attached hydrogens (tertiary/aromatic N) is 2. The van der Waals surface area contributed by atoms with Gasteiger partial charge in [-0.15, -0.1) is 0 Å². The highest BCUT2D eigenvalue weighted by atomic mass is 79.9. The average molecular weight is 294 g/mol. The lowest BCUT2D eigenvalue weighted by molar-refractivity contribution is 0.578. The number of nitrogens with one attached hydrogen (secondary N) is 1. The predicted octanol–water partition coefficient (Wildman–Crippen LogP) is 2.69. The summed E-state index contributed by atoms with van der Waals surface area (Å²) in [5.74, 6) is 0. The van der Waals surface area contributed by atoms with Gasteiger partial charge >= 0.3 is 0 Å². The minimum Gasteiger partial charge on any atom is -0.340 e. The summed E-state index contributed by atoms with van der Waals surface area (Å²) in [5, 5.41) is 3.31. The first-order valence-electron chi connectivity index (χ1n) is 5.58. The first-order chi connectivity index (χ1) is 8.19. The fourth-order valence-corrected chi connectivity index (χ4v) is 2.31. The van der Waals surface area contributed by atoms with Gasteiger partial charge in [-0.2, -0.15) is 0 Å². The highest BCUT2D eigenvalue weighted by molar-refractivity contribution is 9.10. The summed E-state index contributed by atoms with van der Waals surface area (Å²) < 4.78 is 3.09. The van der Waals surface area contributed by atoms with Crippen LogP contribution in [-0.4, -0.2) is 16.6 Å². The van der Waals surface area contributed by atoms with Crippen molar-refractivity contribution in [1.29, 1.82) is 0 Å². The van der Waals surface area contributed by atoms with Gasteiger partial charge in [-0.3, -0.25) is 0 Å². The quantitative estimate of drug-likeness (QED) is 0.939.